The number of nitrogens with zero attached hydrogens (tertiary/aromatic N) is 1. The summed E-state index contributed by atoms with van der Waals surface area (Å²) < 4.78 is 7.31. The summed E-state index contributed by atoms with van der Waals surface area (Å²) in [5.41, 5.74) is 2.36. The van der Waals surface area contributed by atoms with Crippen molar-refractivity contribution < 1.29 is 9.53 Å². The van der Waals surface area contributed by atoms with Gasteiger partial charge in [-0.3, -0.25) is 4.79 Å². The van der Waals surface area contributed by atoms with Gasteiger partial charge in [0.1, 0.15) is 6.54 Å². The highest BCUT2D eigenvalue weighted by molar-refractivity contribution is 5.85. The zero-order valence-electron chi connectivity index (χ0n) is 11.8. The molecule has 20 heavy (non-hydrogen) atoms. The van der Waals surface area contributed by atoms with Gasteiger partial charge in [-0.05, 0) is 37.5 Å². The van der Waals surface area contributed by atoms with Crippen LogP contribution in [0.1, 0.15) is 18.4 Å². The van der Waals surface area contributed by atoms with Gasteiger partial charge in [0.2, 0.25) is 5.91 Å². The van der Waals surface area contributed by atoms with Crippen molar-refractivity contribution >= 4 is 16.8 Å². The number of carbonyl (C=O) groups is 1. The summed E-state index contributed by atoms with van der Waals surface area (Å²) in [7, 11) is 0. The summed E-state index contributed by atoms with van der Waals surface area (Å²) in [4.78, 5) is 12.1. The number of aromatic nitrogens is 1. The summed E-state index contributed by atoms with van der Waals surface area (Å²) >= 11 is 0. The molecule has 3 rings (SSSR count). The largest absolute Gasteiger partial charge is 0.381 e. The minimum absolute atomic E-state index is 0.0795. The molecule has 0 bridgehead atoms. The number of benzene rings is 1. The SMILES string of the molecule is Cc1cccc2c1ccn2CC(=O)NC1CCOCC1. The van der Waals surface area contributed by atoms with E-state index in [9.17, 15) is 4.79 Å². The fraction of sp³-hybridized carbons (Fsp3) is 0.438. The van der Waals surface area contributed by atoms with Gasteiger partial charge < -0.3 is 14.6 Å². The average molecular weight is 272 g/mol. The minimum atomic E-state index is 0.0795. The van der Waals surface area contributed by atoms with Gasteiger partial charge in [-0.1, -0.05) is 12.1 Å². The second kappa shape index (κ2) is 5.67. The van der Waals surface area contributed by atoms with Crippen LogP contribution in [-0.2, 0) is 16.1 Å². The number of rotatable bonds is 3. The quantitative estimate of drug-likeness (QED) is 0.931. The van der Waals surface area contributed by atoms with Crippen molar-refractivity contribution in [1.82, 2.24) is 9.88 Å². The van der Waals surface area contributed by atoms with Crippen LogP contribution >= 0.6 is 0 Å². The Morgan fingerprint density at radius 1 is 1.35 bits per heavy atom. The zero-order chi connectivity index (χ0) is 13.9. The van der Waals surface area contributed by atoms with E-state index < -0.39 is 0 Å². The number of hydrogen-bond acceptors (Lipinski definition) is 2. The van der Waals surface area contributed by atoms with E-state index in [2.05, 4.69) is 30.4 Å². The molecule has 0 spiro atoms. The van der Waals surface area contributed by atoms with Gasteiger partial charge in [-0.25, -0.2) is 0 Å². The van der Waals surface area contributed by atoms with Crippen LogP contribution in [0, 0.1) is 6.92 Å². The number of hydrogen-bond donors (Lipinski definition) is 1. The van der Waals surface area contributed by atoms with Crippen LogP contribution in [-0.4, -0.2) is 29.7 Å². The number of ether oxygens (including phenoxy) is 1. The Hall–Kier alpha value is -1.81. The molecule has 0 radical (unpaired) electrons. The monoisotopic (exact) mass is 272 g/mol. The van der Waals surface area contributed by atoms with Gasteiger partial charge in [-0.2, -0.15) is 0 Å². The third-order valence-electron chi connectivity index (χ3n) is 3.93. The molecule has 1 aliphatic rings. The highest BCUT2D eigenvalue weighted by Gasteiger charge is 2.16. The lowest BCUT2D eigenvalue weighted by Gasteiger charge is -2.23. The molecular weight excluding hydrogens is 252 g/mol. The minimum Gasteiger partial charge on any atom is -0.381 e. The molecule has 0 atom stereocenters. The molecule has 1 fully saturated rings. The zero-order valence-corrected chi connectivity index (χ0v) is 11.8. The number of carbonyl (C=O) groups excluding carboxylic acids is 1. The third kappa shape index (κ3) is 2.70. The van der Waals surface area contributed by atoms with E-state index in [0.717, 1.165) is 31.6 Å². The van der Waals surface area contributed by atoms with E-state index in [4.69, 9.17) is 4.74 Å². The van der Waals surface area contributed by atoms with Crippen molar-refractivity contribution in [3.05, 3.63) is 36.0 Å². The molecule has 1 aromatic carbocycles. The van der Waals surface area contributed by atoms with Crippen LogP contribution in [0.25, 0.3) is 10.9 Å². The van der Waals surface area contributed by atoms with Gasteiger partial charge in [0.25, 0.3) is 0 Å². The molecule has 1 aromatic heterocycles. The normalized spacial score (nSPS) is 16.4. The average Bonchev–Trinajstić information content (AvgIpc) is 2.84. The number of fused-ring (bicyclic) bond motifs is 1. The molecule has 1 amide bonds. The molecule has 1 N–H and O–H groups in total. The van der Waals surface area contributed by atoms with E-state index in [1.807, 2.05) is 16.8 Å². The molecule has 0 saturated carbocycles. The van der Waals surface area contributed by atoms with E-state index in [1.54, 1.807) is 0 Å². The molecule has 2 aromatic rings. The Kier molecular flexibility index (Phi) is 3.74. The molecular formula is C16H20N2O2. The second-order valence-corrected chi connectivity index (χ2v) is 5.41. The highest BCUT2D eigenvalue weighted by atomic mass is 16.5. The maximum absolute atomic E-state index is 12.1. The summed E-state index contributed by atoms with van der Waals surface area (Å²) in [6, 6.07) is 8.52. The predicted molar refractivity (Wildman–Crippen MR) is 78.7 cm³/mol. The van der Waals surface area contributed by atoms with Crippen molar-refractivity contribution in [3.63, 3.8) is 0 Å². The number of nitrogens with one attached hydrogen (secondary N) is 1. The maximum atomic E-state index is 12.1. The van der Waals surface area contributed by atoms with Crippen molar-refractivity contribution in [3.8, 4) is 0 Å². The summed E-state index contributed by atoms with van der Waals surface area (Å²) in [5.74, 6) is 0.0795. The number of aryl methyl sites for hydroxylation is 1. The third-order valence-corrected chi connectivity index (χ3v) is 3.93. The van der Waals surface area contributed by atoms with Crippen LogP contribution in [0.3, 0.4) is 0 Å². The van der Waals surface area contributed by atoms with E-state index in [1.165, 1.54) is 10.9 Å². The first-order valence-corrected chi connectivity index (χ1v) is 7.15. The Balaban J connectivity index is 1.69. The fourth-order valence-corrected chi connectivity index (χ4v) is 2.79. The second-order valence-electron chi connectivity index (χ2n) is 5.41. The van der Waals surface area contributed by atoms with Gasteiger partial charge in [-0.15, -0.1) is 0 Å². The first kappa shape index (κ1) is 13.2. The first-order chi connectivity index (χ1) is 9.74. The molecule has 4 nitrogen and oxygen atoms in total. The molecule has 106 valence electrons. The van der Waals surface area contributed by atoms with Crippen molar-refractivity contribution in [2.45, 2.75) is 32.4 Å². The van der Waals surface area contributed by atoms with Crippen LogP contribution in [0.5, 0.6) is 0 Å². The van der Waals surface area contributed by atoms with E-state index in [-0.39, 0.29) is 11.9 Å². The molecule has 0 aliphatic carbocycles. The first-order valence-electron chi connectivity index (χ1n) is 7.15. The van der Waals surface area contributed by atoms with E-state index in [0.29, 0.717) is 6.54 Å². The maximum Gasteiger partial charge on any atom is 0.240 e. The van der Waals surface area contributed by atoms with Gasteiger partial charge in [0.05, 0.1) is 0 Å². The Labute approximate surface area is 118 Å². The van der Waals surface area contributed by atoms with Crippen LogP contribution < -0.4 is 5.32 Å². The molecule has 1 saturated heterocycles. The number of amides is 1. The standard InChI is InChI=1S/C16H20N2O2/c1-12-3-2-4-15-14(12)5-8-18(15)11-16(19)17-13-6-9-20-10-7-13/h2-5,8,13H,6-7,9-11H2,1H3,(H,17,19). The Bertz CT molecular complexity index is 612. The van der Waals surface area contributed by atoms with Crippen molar-refractivity contribution in [2.24, 2.45) is 0 Å². The van der Waals surface area contributed by atoms with Crippen LogP contribution in [0.15, 0.2) is 30.5 Å². The van der Waals surface area contributed by atoms with Crippen molar-refractivity contribution in [1.29, 1.82) is 0 Å². The Morgan fingerprint density at radius 2 is 2.15 bits per heavy atom. The lowest BCUT2D eigenvalue weighted by atomic mass is 10.1. The summed E-state index contributed by atoms with van der Waals surface area (Å²) in [5, 5.41) is 4.31. The summed E-state index contributed by atoms with van der Waals surface area (Å²) in [6.45, 7) is 3.96. The molecule has 0 unspecified atom stereocenters. The predicted octanol–water partition coefficient (Wildman–Crippen LogP) is 2.24. The molecule has 4 heteroatoms. The molecule has 1 aliphatic heterocycles. The molecule has 2 heterocycles. The van der Waals surface area contributed by atoms with E-state index >= 15 is 0 Å². The topological polar surface area (TPSA) is 43.3 Å². The Morgan fingerprint density at radius 3 is 2.95 bits per heavy atom. The van der Waals surface area contributed by atoms with Gasteiger partial charge >= 0.3 is 0 Å². The lowest BCUT2D eigenvalue weighted by Crippen LogP contribution is -2.40. The van der Waals surface area contributed by atoms with Crippen LogP contribution in [0.2, 0.25) is 0 Å². The highest BCUT2D eigenvalue weighted by Crippen LogP contribution is 2.19. The van der Waals surface area contributed by atoms with Gasteiger partial charge in [0.15, 0.2) is 0 Å². The lowest BCUT2D eigenvalue weighted by molar-refractivity contribution is -0.122. The van der Waals surface area contributed by atoms with Crippen LogP contribution in [0.4, 0.5) is 0 Å². The fourth-order valence-electron chi connectivity index (χ4n) is 2.79. The van der Waals surface area contributed by atoms with Gasteiger partial charge in [0, 0.05) is 36.4 Å². The summed E-state index contributed by atoms with van der Waals surface area (Å²) in [6.07, 6.45) is 3.82. The van der Waals surface area contributed by atoms with Crippen molar-refractivity contribution in [2.75, 3.05) is 13.2 Å². The smallest absolute Gasteiger partial charge is 0.240 e.